The van der Waals surface area contributed by atoms with Gasteiger partial charge in [-0.05, 0) is 31.2 Å². The quantitative estimate of drug-likeness (QED) is 0.843. The van der Waals surface area contributed by atoms with Crippen molar-refractivity contribution in [2.45, 2.75) is 25.8 Å². The molecule has 112 valence electrons. The summed E-state index contributed by atoms with van der Waals surface area (Å²) >= 11 is 1.53. The van der Waals surface area contributed by atoms with Crippen molar-refractivity contribution in [3.63, 3.8) is 0 Å². The molecule has 21 heavy (non-hydrogen) atoms. The maximum atomic E-state index is 12.3. The summed E-state index contributed by atoms with van der Waals surface area (Å²) < 4.78 is 3.13. The number of amides is 1. The summed E-state index contributed by atoms with van der Waals surface area (Å²) in [4.78, 5) is 26.2. The number of carbonyl (C=O) groups is 1. The zero-order valence-corrected chi connectivity index (χ0v) is 13.0. The maximum absolute atomic E-state index is 12.3. The first kappa shape index (κ1) is 14.1. The van der Waals surface area contributed by atoms with Crippen LogP contribution in [0.2, 0.25) is 0 Å². The summed E-state index contributed by atoms with van der Waals surface area (Å²) in [6.07, 6.45) is 1.59. The molecule has 3 heterocycles. The average molecular weight is 306 g/mol. The van der Waals surface area contributed by atoms with Crippen LogP contribution >= 0.6 is 11.3 Å². The molecule has 7 heteroatoms. The zero-order chi connectivity index (χ0) is 15.0. The summed E-state index contributed by atoms with van der Waals surface area (Å²) in [5.41, 5.74) is 0.684. The molecule has 1 fully saturated rings. The average Bonchev–Trinajstić information content (AvgIpc) is 3.08. The van der Waals surface area contributed by atoms with E-state index in [2.05, 4.69) is 5.10 Å². The van der Waals surface area contributed by atoms with Crippen molar-refractivity contribution in [1.29, 1.82) is 0 Å². The summed E-state index contributed by atoms with van der Waals surface area (Å²) in [5, 5.41) is 7.96. The Morgan fingerprint density at radius 1 is 1.38 bits per heavy atom. The smallest absolute Gasteiger partial charge is 0.338 e. The molecule has 0 N–H and O–H groups in total. The van der Waals surface area contributed by atoms with Crippen LogP contribution in [-0.4, -0.2) is 38.2 Å². The van der Waals surface area contributed by atoms with Gasteiger partial charge >= 0.3 is 5.69 Å². The molecule has 2 aromatic rings. The summed E-state index contributed by atoms with van der Waals surface area (Å²) in [7, 11) is 1.67. The van der Waals surface area contributed by atoms with Crippen LogP contribution in [0.5, 0.6) is 0 Å². The van der Waals surface area contributed by atoms with Crippen molar-refractivity contribution in [3.05, 3.63) is 38.7 Å². The van der Waals surface area contributed by atoms with Gasteiger partial charge in [-0.3, -0.25) is 9.36 Å². The van der Waals surface area contributed by atoms with E-state index >= 15 is 0 Å². The number of nitrogens with zero attached hydrogens (tertiary/aromatic N) is 4. The minimum Gasteiger partial charge on any atom is -0.338 e. The minimum atomic E-state index is -0.0740. The lowest BCUT2D eigenvalue weighted by Crippen LogP contribution is -2.41. The lowest BCUT2D eigenvalue weighted by molar-refractivity contribution is 0.0693. The van der Waals surface area contributed by atoms with Gasteiger partial charge in [0.2, 0.25) is 0 Å². The van der Waals surface area contributed by atoms with Gasteiger partial charge in [-0.25, -0.2) is 9.48 Å². The van der Waals surface area contributed by atoms with Crippen LogP contribution in [0.15, 0.2) is 21.6 Å². The Morgan fingerprint density at radius 2 is 2.10 bits per heavy atom. The fourth-order valence-corrected chi connectivity index (χ4v) is 3.55. The first-order valence-corrected chi connectivity index (χ1v) is 7.96. The molecule has 2 aromatic heterocycles. The predicted molar refractivity (Wildman–Crippen MR) is 80.7 cm³/mol. The lowest BCUT2D eigenvalue weighted by atomic mass is 10.0. The fourth-order valence-electron chi connectivity index (χ4n) is 2.92. The second kappa shape index (κ2) is 5.48. The van der Waals surface area contributed by atoms with E-state index in [4.69, 9.17) is 0 Å². The minimum absolute atomic E-state index is 0.0740. The van der Waals surface area contributed by atoms with Gasteiger partial charge in [0.1, 0.15) is 5.82 Å². The van der Waals surface area contributed by atoms with Gasteiger partial charge in [0, 0.05) is 31.6 Å². The van der Waals surface area contributed by atoms with E-state index in [0.717, 1.165) is 24.2 Å². The number of hydrogen-bond donors (Lipinski definition) is 0. The van der Waals surface area contributed by atoms with Gasteiger partial charge in [-0.1, -0.05) is 0 Å². The van der Waals surface area contributed by atoms with Crippen LogP contribution in [0, 0.1) is 6.92 Å². The lowest BCUT2D eigenvalue weighted by Gasteiger charge is -2.32. The largest absolute Gasteiger partial charge is 0.345 e. The van der Waals surface area contributed by atoms with E-state index in [9.17, 15) is 9.59 Å². The Hall–Kier alpha value is -1.89. The van der Waals surface area contributed by atoms with Crippen molar-refractivity contribution >= 4 is 17.2 Å². The molecular weight excluding hydrogens is 288 g/mol. The standard InChI is InChI=1S/C14H18N4O2S/c1-10-15-16(2)14(20)18(10)12-3-6-17(7-4-12)13(19)11-5-8-21-9-11/h5,8-9,12H,3-4,6-7H2,1-2H3. The van der Waals surface area contributed by atoms with Crippen LogP contribution in [0.4, 0.5) is 0 Å². The molecule has 0 aromatic carbocycles. The number of likely N-dealkylation sites (tertiary alicyclic amines) is 1. The Morgan fingerprint density at radius 3 is 2.62 bits per heavy atom. The Balaban J connectivity index is 1.71. The molecule has 0 radical (unpaired) electrons. The first-order chi connectivity index (χ1) is 10.1. The highest BCUT2D eigenvalue weighted by Crippen LogP contribution is 2.23. The van der Waals surface area contributed by atoms with E-state index in [1.54, 1.807) is 11.6 Å². The highest BCUT2D eigenvalue weighted by molar-refractivity contribution is 7.08. The van der Waals surface area contributed by atoms with Gasteiger partial charge in [0.25, 0.3) is 5.91 Å². The van der Waals surface area contributed by atoms with E-state index in [1.807, 2.05) is 28.7 Å². The molecule has 0 aliphatic carbocycles. The molecule has 0 saturated carbocycles. The third kappa shape index (κ3) is 2.53. The third-order valence-corrected chi connectivity index (χ3v) is 4.69. The predicted octanol–water partition coefficient (Wildman–Crippen LogP) is 1.43. The summed E-state index contributed by atoms with van der Waals surface area (Å²) in [6, 6.07) is 1.99. The van der Waals surface area contributed by atoms with Gasteiger partial charge < -0.3 is 4.90 Å². The molecule has 1 saturated heterocycles. The highest BCUT2D eigenvalue weighted by atomic mass is 32.1. The molecular formula is C14H18N4O2S. The van der Waals surface area contributed by atoms with Crippen LogP contribution in [0.1, 0.15) is 35.1 Å². The molecule has 3 rings (SSSR count). The SMILES string of the molecule is Cc1nn(C)c(=O)n1C1CCN(C(=O)c2ccsc2)CC1. The number of aryl methyl sites for hydroxylation is 2. The first-order valence-electron chi connectivity index (χ1n) is 7.01. The number of piperidine rings is 1. The molecule has 0 atom stereocenters. The van der Waals surface area contributed by atoms with Crippen LogP contribution in [-0.2, 0) is 7.05 Å². The van der Waals surface area contributed by atoms with Crippen molar-refractivity contribution < 1.29 is 4.79 Å². The molecule has 0 spiro atoms. The Labute approximate surface area is 126 Å². The second-order valence-electron chi connectivity index (χ2n) is 5.36. The monoisotopic (exact) mass is 306 g/mol. The Kier molecular flexibility index (Phi) is 3.67. The summed E-state index contributed by atoms with van der Waals surface area (Å²) in [5.74, 6) is 0.829. The molecule has 1 amide bonds. The van der Waals surface area contributed by atoms with Crippen LogP contribution in [0.25, 0.3) is 0 Å². The fraction of sp³-hybridized carbons (Fsp3) is 0.500. The molecule has 6 nitrogen and oxygen atoms in total. The zero-order valence-electron chi connectivity index (χ0n) is 12.2. The van der Waals surface area contributed by atoms with Crippen molar-refractivity contribution in [1.82, 2.24) is 19.2 Å². The van der Waals surface area contributed by atoms with E-state index in [-0.39, 0.29) is 17.6 Å². The number of rotatable bonds is 2. The molecule has 1 aliphatic rings. The van der Waals surface area contributed by atoms with Gasteiger partial charge in [-0.15, -0.1) is 0 Å². The number of thiophene rings is 1. The topological polar surface area (TPSA) is 60.1 Å². The van der Waals surface area contributed by atoms with Gasteiger partial charge in [0.15, 0.2) is 0 Å². The van der Waals surface area contributed by atoms with Crippen LogP contribution in [0.3, 0.4) is 0 Å². The third-order valence-electron chi connectivity index (χ3n) is 4.01. The Bertz CT molecular complexity index is 693. The van der Waals surface area contributed by atoms with Crippen LogP contribution < -0.4 is 5.69 Å². The van der Waals surface area contributed by atoms with Gasteiger partial charge in [0.05, 0.1) is 5.56 Å². The van der Waals surface area contributed by atoms with Gasteiger partial charge in [-0.2, -0.15) is 16.4 Å². The van der Waals surface area contributed by atoms with Crippen molar-refractivity contribution in [2.75, 3.05) is 13.1 Å². The number of aromatic nitrogens is 3. The normalized spacial score (nSPS) is 16.4. The molecule has 0 unspecified atom stereocenters. The second-order valence-corrected chi connectivity index (χ2v) is 6.14. The molecule has 0 bridgehead atoms. The van der Waals surface area contributed by atoms with Crippen molar-refractivity contribution in [2.24, 2.45) is 7.05 Å². The van der Waals surface area contributed by atoms with E-state index in [0.29, 0.717) is 13.1 Å². The number of hydrogen-bond acceptors (Lipinski definition) is 4. The maximum Gasteiger partial charge on any atom is 0.345 e. The number of carbonyl (C=O) groups excluding carboxylic acids is 1. The molecule has 1 aliphatic heterocycles. The van der Waals surface area contributed by atoms with E-state index in [1.165, 1.54) is 16.0 Å². The highest BCUT2D eigenvalue weighted by Gasteiger charge is 2.27. The summed E-state index contributed by atoms with van der Waals surface area (Å²) in [6.45, 7) is 3.21. The van der Waals surface area contributed by atoms with E-state index < -0.39 is 0 Å². The van der Waals surface area contributed by atoms with Crippen molar-refractivity contribution in [3.8, 4) is 0 Å².